The Bertz CT molecular complexity index is 473. The number of nitrogen functional groups attached to an aromatic ring is 1. The number of carbonyl (C=O) groups is 1. The molecule has 7 heteroatoms. The van der Waals surface area contributed by atoms with Crippen LogP contribution in [0.5, 0.6) is 0 Å². The van der Waals surface area contributed by atoms with E-state index in [1.165, 1.54) is 4.90 Å². The molecule has 104 valence electrons. The summed E-state index contributed by atoms with van der Waals surface area (Å²) in [5, 5.41) is 9.17. The number of carbonyl (C=O) groups excluding carboxylic acids is 1. The van der Waals surface area contributed by atoms with Crippen molar-refractivity contribution in [3.05, 3.63) is 29.3 Å². The van der Waals surface area contributed by atoms with Gasteiger partial charge in [0, 0.05) is 12.1 Å². The molecule has 1 aromatic rings. The number of nitrogens with zero attached hydrogens (tertiary/aromatic N) is 1. The molecule has 1 heterocycles. The van der Waals surface area contributed by atoms with Crippen molar-refractivity contribution in [2.24, 2.45) is 0 Å². The molecule has 1 saturated heterocycles. The van der Waals surface area contributed by atoms with Crippen LogP contribution in [0.3, 0.4) is 0 Å². The van der Waals surface area contributed by atoms with Gasteiger partial charge in [-0.2, -0.15) is 0 Å². The van der Waals surface area contributed by atoms with Gasteiger partial charge in [0.1, 0.15) is 17.3 Å². The van der Waals surface area contributed by atoms with E-state index < -0.39 is 29.3 Å². The van der Waals surface area contributed by atoms with Crippen LogP contribution in [0, 0.1) is 11.6 Å². The van der Waals surface area contributed by atoms with Crippen LogP contribution in [-0.4, -0.2) is 48.3 Å². The van der Waals surface area contributed by atoms with Gasteiger partial charge in [0.05, 0.1) is 25.9 Å². The zero-order chi connectivity index (χ0) is 14.0. The Kier molecular flexibility index (Phi) is 3.96. The van der Waals surface area contributed by atoms with Crippen molar-refractivity contribution >= 4 is 11.6 Å². The van der Waals surface area contributed by atoms with Crippen LogP contribution in [0.25, 0.3) is 0 Å². The van der Waals surface area contributed by atoms with Crippen LogP contribution >= 0.6 is 0 Å². The summed E-state index contributed by atoms with van der Waals surface area (Å²) in [5.74, 6) is -2.51. The second-order valence-electron chi connectivity index (χ2n) is 4.26. The predicted octanol–water partition coefficient (Wildman–Crippen LogP) is 0.380. The van der Waals surface area contributed by atoms with Crippen molar-refractivity contribution in [2.75, 3.05) is 32.1 Å². The molecule has 2 rings (SSSR count). The molecule has 1 amide bonds. The molecule has 1 aliphatic heterocycles. The number of halogens is 2. The maximum absolute atomic E-state index is 13.3. The van der Waals surface area contributed by atoms with Gasteiger partial charge < -0.3 is 20.5 Å². The number of ether oxygens (including phenoxy) is 1. The van der Waals surface area contributed by atoms with Gasteiger partial charge in [0.2, 0.25) is 0 Å². The molecular formula is C12H14F2N2O3. The molecule has 1 unspecified atom stereocenters. The lowest BCUT2D eigenvalue weighted by atomic mass is 10.1. The van der Waals surface area contributed by atoms with E-state index in [0.717, 1.165) is 12.1 Å². The third-order valence-corrected chi connectivity index (χ3v) is 3.03. The molecule has 0 aromatic heterocycles. The maximum Gasteiger partial charge on any atom is 0.254 e. The number of aliphatic hydroxyl groups excluding tert-OH is 1. The van der Waals surface area contributed by atoms with Gasteiger partial charge in [-0.25, -0.2) is 8.78 Å². The first kappa shape index (κ1) is 13.7. The minimum Gasteiger partial charge on any atom is -0.394 e. The van der Waals surface area contributed by atoms with Gasteiger partial charge in [0.25, 0.3) is 5.91 Å². The second kappa shape index (κ2) is 5.50. The molecule has 0 aliphatic carbocycles. The Hall–Kier alpha value is -1.73. The number of rotatable bonds is 2. The highest BCUT2D eigenvalue weighted by Gasteiger charge is 2.28. The first-order chi connectivity index (χ1) is 9.04. The topological polar surface area (TPSA) is 75.8 Å². The summed E-state index contributed by atoms with van der Waals surface area (Å²) < 4.78 is 31.8. The van der Waals surface area contributed by atoms with Crippen LogP contribution in [-0.2, 0) is 4.74 Å². The fourth-order valence-electron chi connectivity index (χ4n) is 1.95. The Balaban J connectivity index is 2.28. The largest absolute Gasteiger partial charge is 0.394 e. The summed E-state index contributed by atoms with van der Waals surface area (Å²) in [5.41, 5.74) is 4.40. The fraction of sp³-hybridized carbons (Fsp3) is 0.417. The van der Waals surface area contributed by atoms with Crippen LogP contribution in [0.4, 0.5) is 14.5 Å². The average molecular weight is 272 g/mol. The Morgan fingerprint density at radius 1 is 1.47 bits per heavy atom. The molecule has 1 aliphatic rings. The van der Waals surface area contributed by atoms with E-state index in [2.05, 4.69) is 0 Å². The standard InChI is InChI=1S/C12H14F2N2O3/c13-9-3-7(4-10(14)11(9)15)12(18)16-1-2-19-6-8(16)5-17/h3-4,8,17H,1-2,5-6,15H2. The zero-order valence-electron chi connectivity index (χ0n) is 10.1. The molecule has 5 nitrogen and oxygen atoms in total. The lowest BCUT2D eigenvalue weighted by Gasteiger charge is -2.34. The van der Waals surface area contributed by atoms with Crippen LogP contribution in [0.2, 0.25) is 0 Å². The van der Waals surface area contributed by atoms with E-state index in [4.69, 9.17) is 15.6 Å². The molecule has 0 radical (unpaired) electrons. The highest BCUT2D eigenvalue weighted by Crippen LogP contribution is 2.20. The van der Waals surface area contributed by atoms with Gasteiger partial charge in [-0.1, -0.05) is 0 Å². The second-order valence-corrected chi connectivity index (χ2v) is 4.26. The van der Waals surface area contributed by atoms with Gasteiger partial charge >= 0.3 is 0 Å². The molecule has 0 saturated carbocycles. The number of aliphatic hydroxyl groups is 1. The highest BCUT2D eigenvalue weighted by atomic mass is 19.1. The first-order valence-electron chi connectivity index (χ1n) is 5.78. The van der Waals surface area contributed by atoms with E-state index in [1.807, 2.05) is 0 Å². The first-order valence-corrected chi connectivity index (χ1v) is 5.78. The van der Waals surface area contributed by atoms with Gasteiger partial charge in [-0.05, 0) is 12.1 Å². The lowest BCUT2D eigenvalue weighted by molar-refractivity contribution is -0.0184. The number of amides is 1. The van der Waals surface area contributed by atoms with Crippen molar-refractivity contribution in [2.45, 2.75) is 6.04 Å². The van der Waals surface area contributed by atoms with E-state index >= 15 is 0 Å². The van der Waals surface area contributed by atoms with Crippen molar-refractivity contribution in [1.29, 1.82) is 0 Å². The molecule has 1 atom stereocenters. The summed E-state index contributed by atoms with van der Waals surface area (Å²) in [7, 11) is 0. The number of hydrogen-bond donors (Lipinski definition) is 2. The average Bonchev–Trinajstić information content (AvgIpc) is 2.43. The quantitative estimate of drug-likeness (QED) is 0.763. The highest BCUT2D eigenvalue weighted by molar-refractivity contribution is 5.95. The van der Waals surface area contributed by atoms with Crippen molar-refractivity contribution in [1.82, 2.24) is 4.90 Å². The number of hydrogen-bond acceptors (Lipinski definition) is 4. The van der Waals surface area contributed by atoms with Crippen molar-refractivity contribution in [3.8, 4) is 0 Å². The molecule has 19 heavy (non-hydrogen) atoms. The Morgan fingerprint density at radius 2 is 2.11 bits per heavy atom. The van der Waals surface area contributed by atoms with E-state index in [-0.39, 0.29) is 25.3 Å². The number of nitrogens with two attached hydrogens (primary N) is 1. The Morgan fingerprint density at radius 3 is 2.68 bits per heavy atom. The predicted molar refractivity (Wildman–Crippen MR) is 63.5 cm³/mol. The maximum atomic E-state index is 13.3. The van der Waals surface area contributed by atoms with Crippen LogP contribution in [0.15, 0.2) is 12.1 Å². The SMILES string of the molecule is Nc1c(F)cc(C(=O)N2CCOCC2CO)cc1F. The minimum atomic E-state index is -0.975. The molecule has 3 N–H and O–H groups in total. The third-order valence-electron chi connectivity index (χ3n) is 3.03. The summed E-state index contributed by atoms with van der Waals surface area (Å²) >= 11 is 0. The Labute approximate surface area is 108 Å². The molecule has 1 fully saturated rings. The van der Waals surface area contributed by atoms with Gasteiger partial charge in [-0.3, -0.25) is 4.79 Å². The van der Waals surface area contributed by atoms with Crippen molar-refractivity contribution in [3.63, 3.8) is 0 Å². The van der Waals surface area contributed by atoms with Crippen molar-refractivity contribution < 1.29 is 23.4 Å². The summed E-state index contributed by atoms with van der Waals surface area (Å²) in [6, 6.07) is 1.28. The van der Waals surface area contributed by atoms with Crippen LogP contribution in [0.1, 0.15) is 10.4 Å². The minimum absolute atomic E-state index is 0.135. The monoisotopic (exact) mass is 272 g/mol. The number of anilines is 1. The summed E-state index contributed by atoms with van der Waals surface area (Å²) in [6.45, 7) is 0.508. The van der Waals surface area contributed by atoms with E-state index in [0.29, 0.717) is 6.61 Å². The fourth-order valence-corrected chi connectivity index (χ4v) is 1.95. The summed E-state index contributed by atoms with van der Waals surface area (Å²) in [6.07, 6.45) is 0. The zero-order valence-corrected chi connectivity index (χ0v) is 10.1. The van der Waals surface area contributed by atoms with Gasteiger partial charge in [0.15, 0.2) is 0 Å². The smallest absolute Gasteiger partial charge is 0.254 e. The normalized spacial score (nSPS) is 19.5. The molecule has 1 aromatic carbocycles. The molecule has 0 spiro atoms. The molecular weight excluding hydrogens is 258 g/mol. The van der Waals surface area contributed by atoms with Gasteiger partial charge in [-0.15, -0.1) is 0 Å². The number of morpholine rings is 1. The van der Waals surface area contributed by atoms with Crippen LogP contribution < -0.4 is 5.73 Å². The molecule has 0 bridgehead atoms. The number of benzene rings is 1. The lowest BCUT2D eigenvalue weighted by Crippen LogP contribution is -2.50. The van der Waals surface area contributed by atoms with E-state index in [1.54, 1.807) is 0 Å². The van der Waals surface area contributed by atoms with E-state index in [9.17, 15) is 13.6 Å². The third kappa shape index (κ3) is 2.66. The summed E-state index contributed by atoms with van der Waals surface area (Å²) in [4.78, 5) is 13.5.